The molecule has 0 aliphatic heterocycles. The summed E-state index contributed by atoms with van der Waals surface area (Å²) in [7, 11) is 0. The molecule has 1 amide bonds. The minimum atomic E-state index is -4.94. The number of hydrogen-bond donors (Lipinski definition) is 2. The first-order chi connectivity index (χ1) is 12.7. The van der Waals surface area contributed by atoms with Crippen LogP contribution >= 0.6 is 0 Å². The number of nitrogens with zero attached hydrogens (tertiary/aromatic N) is 3. The van der Waals surface area contributed by atoms with Crippen LogP contribution in [0.25, 0.3) is 5.82 Å². The Morgan fingerprint density at radius 2 is 1.96 bits per heavy atom. The van der Waals surface area contributed by atoms with Crippen LogP contribution in [0.4, 0.5) is 23.2 Å². The number of carbonyl (C=O) groups is 1. The van der Waals surface area contributed by atoms with Gasteiger partial charge >= 0.3 is 6.18 Å². The van der Waals surface area contributed by atoms with Crippen molar-refractivity contribution in [2.45, 2.75) is 13.1 Å². The van der Waals surface area contributed by atoms with Crippen LogP contribution in [0, 0.1) is 12.7 Å². The van der Waals surface area contributed by atoms with Crippen molar-refractivity contribution in [3.63, 3.8) is 0 Å². The number of hydrogen-bond acceptors (Lipinski definition) is 4. The van der Waals surface area contributed by atoms with Gasteiger partial charge in [-0.1, -0.05) is 6.07 Å². The number of anilines is 1. The number of amides is 1. The smallest absolute Gasteiger partial charge is 0.322 e. The Morgan fingerprint density at radius 3 is 2.56 bits per heavy atom. The molecule has 0 saturated carbocycles. The van der Waals surface area contributed by atoms with Crippen LogP contribution in [0.3, 0.4) is 0 Å². The minimum Gasteiger partial charge on any atom is -0.322 e. The zero-order valence-corrected chi connectivity index (χ0v) is 13.6. The summed E-state index contributed by atoms with van der Waals surface area (Å²) in [5.41, 5.74) is -2.46. The van der Waals surface area contributed by atoms with E-state index in [4.69, 9.17) is 0 Å². The molecule has 7 nitrogen and oxygen atoms in total. The lowest BCUT2D eigenvalue weighted by Gasteiger charge is -2.12. The number of benzene rings is 1. The molecular weight excluding hydrogens is 370 g/mol. The van der Waals surface area contributed by atoms with Crippen LogP contribution in [0.5, 0.6) is 0 Å². The van der Waals surface area contributed by atoms with Crippen molar-refractivity contribution in [3.8, 4) is 5.82 Å². The molecule has 0 fully saturated rings. The summed E-state index contributed by atoms with van der Waals surface area (Å²) in [6, 6.07) is 5.73. The molecule has 27 heavy (non-hydrogen) atoms. The van der Waals surface area contributed by atoms with Gasteiger partial charge in [-0.05, 0) is 30.7 Å². The van der Waals surface area contributed by atoms with Gasteiger partial charge in [0.25, 0.3) is 11.5 Å². The average Bonchev–Trinajstić information content (AvgIpc) is 3.04. The van der Waals surface area contributed by atoms with Gasteiger partial charge in [-0.3, -0.25) is 9.59 Å². The predicted octanol–water partition coefficient (Wildman–Crippen LogP) is 2.67. The molecule has 3 aromatic rings. The third-order valence-corrected chi connectivity index (χ3v) is 3.59. The number of nitrogens with one attached hydrogen (secondary N) is 2. The number of rotatable bonds is 3. The largest absolute Gasteiger partial charge is 0.434 e. The van der Waals surface area contributed by atoms with Crippen molar-refractivity contribution in [2.75, 3.05) is 5.32 Å². The SMILES string of the molecule is Cc1ccc(NC(=O)c2cnn(-c3ccc(=O)[nH]n3)c2C(F)(F)F)cc1F. The van der Waals surface area contributed by atoms with E-state index in [9.17, 15) is 27.2 Å². The fourth-order valence-corrected chi connectivity index (χ4v) is 2.29. The van der Waals surface area contributed by atoms with E-state index in [1.54, 1.807) is 0 Å². The second kappa shape index (κ2) is 6.67. The van der Waals surface area contributed by atoms with E-state index in [0.29, 0.717) is 10.2 Å². The summed E-state index contributed by atoms with van der Waals surface area (Å²) in [6.45, 7) is 1.50. The maximum atomic E-state index is 13.6. The Kier molecular flexibility index (Phi) is 4.52. The molecule has 2 aromatic heterocycles. The van der Waals surface area contributed by atoms with Gasteiger partial charge in [0.15, 0.2) is 11.5 Å². The number of aromatic nitrogens is 4. The van der Waals surface area contributed by atoms with Crippen molar-refractivity contribution in [3.05, 3.63) is 69.5 Å². The number of halogens is 4. The molecule has 0 aliphatic carbocycles. The Balaban J connectivity index is 2.02. The topological polar surface area (TPSA) is 92.7 Å². The van der Waals surface area contributed by atoms with Gasteiger partial charge in [0.2, 0.25) is 0 Å². The number of H-pyrrole nitrogens is 1. The number of aromatic amines is 1. The lowest BCUT2D eigenvalue weighted by atomic mass is 10.2. The Morgan fingerprint density at radius 1 is 1.22 bits per heavy atom. The van der Waals surface area contributed by atoms with Crippen LogP contribution in [0.2, 0.25) is 0 Å². The van der Waals surface area contributed by atoms with E-state index in [1.165, 1.54) is 19.1 Å². The lowest BCUT2D eigenvalue weighted by molar-refractivity contribution is -0.143. The predicted molar refractivity (Wildman–Crippen MR) is 86.1 cm³/mol. The van der Waals surface area contributed by atoms with Crippen LogP contribution in [0.15, 0.2) is 41.3 Å². The first kappa shape index (κ1) is 18.3. The van der Waals surface area contributed by atoms with Crippen molar-refractivity contribution in [1.82, 2.24) is 20.0 Å². The van der Waals surface area contributed by atoms with Crippen molar-refractivity contribution < 1.29 is 22.4 Å². The molecule has 1 aromatic carbocycles. The van der Waals surface area contributed by atoms with Crippen LogP contribution < -0.4 is 10.9 Å². The normalized spacial score (nSPS) is 11.4. The summed E-state index contributed by atoms with van der Waals surface area (Å²) < 4.78 is 54.5. The van der Waals surface area contributed by atoms with E-state index in [-0.39, 0.29) is 11.5 Å². The number of alkyl halides is 3. The average molecular weight is 381 g/mol. The van der Waals surface area contributed by atoms with Gasteiger partial charge in [-0.15, -0.1) is 0 Å². The molecule has 0 saturated heterocycles. The molecule has 0 aliphatic rings. The Bertz CT molecular complexity index is 1050. The molecule has 0 unspecified atom stereocenters. The van der Waals surface area contributed by atoms with Crippen molar-refractivity contribution >= 4 is 11.6 Å². The number of aryl methyl sites for hydroxylation is 1. The minimum absolute atomic E-state index is 0.00820. The van der Waals surface area contributed by atoms with E-state index in [2.05, 4.69) is 15.5 Å². The van der Waals surface area contributed by atoms with Gasteiger partial charge in [-0.2, -0.15) is 23.4 Å². The second-order valence-corrected chi connectivity index (χ2v) is 5.51. The highest BCUT2D eigenvalue weighted by Gasteiger charge is 2.41. The summed E-state index contributed by atoms with van der Waals surface area (Å²) in [6.07, 6.45) is -4.23. The van der Waals surface area contributed by atoms with Crippen molar-refractivity contribution in [2.24, 2.45) is 0 Å². The zero-order valence-electron chi connectivity index (χ0n) is 13.6. The molecular formula is C16H11F4N5O2. The maximum absolute atomic E-state index is 13.6. The van der Waals surface area contributed by atoms with Gasteiger partial charge in [-0.25, -0.2) is 14.2 Å². The molecule has 0 spiro atoms. The van der Waals surface area contributed by atoms with E-state index in [0.717, 1.165) is 24.4 Å². The molecule has 2 heterocycles. The lowest BCUT2D eigenvalue weighted by Crippen LogP contribution is -2.21. The number of carbonyl (C=O) groups excluding carboxylic acids is 1. The first-order valence-electron chi connectivity index (χ1n) is 7.45. The highest BCUT2D eigenvalue weighted by Crippen LogP contribution is 2.33. The summed E-state index contributed by atoms with van der Waals surface area (Å²) in [5, 5.41) is 11.2. The second-order valence-electron chi connectivity index (χ2n) is 5.51. The zero-order chi connectivity index (χ0) is 19.8. The molecule has 0 atom stereocenters. The quantitative estimate of drug-likeness (QED) is 0.683. The third kappa shape index (κ3) is 3.71. The van der Waals surface area contributed by atoms with Crippen molar-refractivity contribution in [1.29, 1.82) is 0 Å². The third-order valence-electron chi connectivity index (χ3n) is 3.59. The molecule has 3 rings (SSSR count). The molecule has 140 valence electrons. The van der Waals surface area contributed by atoms with Gasteiger partial charge in [0.1, 0.15) is 5.82 Å². The monoisotopic (exact) mass is 381 g/mol. The summed E-state index contributed by atoms with van der Waals surface area (Å²) >= 11 is 0. The van der Waals surface area contributed by atoms with Gasteiger partial charge < -0.3 is 5.32 Å². The Labute approximate surface area is 148 Å². The fraction of sp³-hybridized carbons (Fsp3) is 0.125. The van der Waals surface area contributed by atoms with Crippen LogP contribution in [0.1, 0.15) is 21.6 Å². The summed E-state index contributed by atoms with van der Waals surface area (Å²) in [4.78, 5) is 23.3. The molecule has 0 radical (unpaired) electrons. The highest BCUT2D eigenvalue weighted by molar-refractivity contribution is 6.05. The molecule has 2 N–H and O–H groups in total. The molecule has 0 bridgehead atoms. The molecule has 11 heteroatoms. The van der Waals surface area contributed by atoms with Crippen LogP contribution in [-0.4, -0.2) is 25.9 Å². The van der Waals surface area contributed by atoms with Gasteiger partial charge in [0.05, 0.1) is 11.8 Å². The van der Waals surface area contributed by atoms with E-state index >= 15 is 0 Å². The Hall–Kier alpha value is -3.50. The highest BCUT2D eigenvalue weighted by atomic mass is 19.4. The summed E-state index contributed by atoms with van der Waals surface area (Å²) in [5.74, 6) is -2.07. The van der Waals surface area contributed by atoms with E-state index < -0.39 is 34.7 Å². The fourth-order valence-electron chi connectivity index (χ4n) is 2.29. The standard InChI is InChI=1S/C16H11F4N5O2/c1-8-2-3-9(6-11(8)17)22-15(27)10-7-21-25(14(10)16(18,19)20)12-4-5-13(26)24-23-12/h2-7H,1H3,(H,22,27)(H,24,26). The maximum Gasteiger partial charge on any atom is 0.434 e. The first-order valence-corrected chi connectivity index (χ1v) is 7.45. The van der Waals surface area contributed by atoms with Gasteiger partial charge in [0, 0.05) is 11.8 Å². The van der Waals surface area contributed by atoms with Crippen LogP contribution in [-0.2, 0) is 6.18 Å². The van der Waals surface area contributed by atoms with E-state index in [1.807, 2.05) is 5.10 Å².